The molecule has 62 heavy (non-hydrogen) atoms. The molecule has 0 aliphatic rings. The number of nitrogens with zero attached hydrogens (tertiary/aromatic N) is 3. The van der Waals surface area contributed by atoms with E-state index in [-0.39, 0.29) is 13.0 Å². The Labute approximate surface area is 370 Å². The van der Waals surface area contributed by atoms with E-state index >= 15 is 0 Å². The first-order chi connectivity index (χ1) is 29.7. The number of hydrogen-bond donors (Lipinski definition) is 3. The highest BCUT2D eigenvalue weighted by atomic mass is 79.9. The highest BCUT2D eigenvalue weighted by molar-refractivity contribution is 9.10. The minimum atomic E-state index is -4.37. The Kier molecular flexibility index (Phi) is 13.8. The predicted octanol–water partition coefficient (Wildman–Crippen LogP) is 12.4. The normalized spacial score (nSPS) is 11.5. The Bertz CT molecular complexity index is 2830. The van der Waals surface area contributed by atoms with Gasteiger partial charge in [0.1, 0.15) is 41.3 Å². The highest BCUT2D eigenvalue weighted by Gasteiger charge is 2.30. The lowest BCUT2D eigenvalue weighted by Gasteiger charge is -2.07. The van der Waals surface area contributed by atoms with Crippen molar-refractivity contribution in [1.29, 1.82) is 0 Å². The molecule has 4 aromatic heterocycles. The number of thiazole rings is 2. The van der Waals surface area contributed by atoms with E-state index in [1.54, 1.807) is 34.4 Å². The summed E-state index contributed by atoms with van der Waals surface area (Å²) in [5.74, 6) is -0.414. The van der Waals surface area contributed by atoms with Gasteiger partial charge in [0.2, 0.25) is 0 Å². The molecule has 320 valence electrons. The van der Waals surface area contributed by atoms with Crippen LogP contribution < -0.4 is 9.47 Å². The van der Waals surface area contributed by atoms with Gasteiger partial charge in [-0.2, -0.15) is 13.2 Å². The van der Waals surface area contributed by atoms with Crippen molar-refractivity contribution in [2.45, 2.75) is 65.5 Å². The molecule has 10 nitrogen and oxygen atoms in total. The van der Waals surface area contributed by atoms with Gasteiger partial charge in [-0.1, -0.05) is 53.5 Å². The summed E-state index contributed by atoms with van der Waals surface area (Å²) >= 11 is 6.49. The molecule has 0 aliphatic carbocycles. The van der Waals surface area contributed by atoms with E-state index in [1.807, 2.05) is 67.6 Å². The van der Waals surface area contributed by atoms with E-state index in [0.29, 0.717) is 35.3 Å². The third-order valence-corrected chi connectivity index (χ3v) is 12.7. The van der Waals surface area contributed by atoms with Crippen molar-refractivity contribution < 1.29 is 42.4 Å². The molecule has 0 amide bonds. The number of carbonyl (C=O) groups is 2. The molecule has 0 radical (unpaired) electrons. The molecule has 4 heterocycles. The SMILES string of the molecule is CCCCc1nc(-c2ccc(C(F)(F)F)cc2)sc1COc1ccc2c(ccn2CC(=O)O)c1.Cc1nc(-c2ccc(Br)cc2)sc1COc1ccc2[nH]cc(CC(=O)O)c2c1. The Morgan fingerprint density at radius 3 is 2.15 bits per heavy atom. The Balaban J connectivity index is 0.000000190. The molecule has 8 aromatic rings. The molecule has 0 saturated carbocycles. The first-order valence-electron chi connectivity index (χ1n) is 19.5. The average molecular weight is 946 g/mol. The van der Waals surface area contributed by atoms with Crippen LogP contribution in [-0.4, -0.2) is 41.7 Å². The van der Waals surface area contributed by atoms with Crippen LogP contribution in [0.15, 0.2) is 108 Å². The lowest BCUT2D eigenvalue weighted by atomic mass is 10.1. The molecule has 0 fully saturated rings. The number of aliphatic carboxylic acids is 2. The molecule has 0 bridgehead atoms. The number of ether oxygens (including phenoxy) is 2. The number of rotatable bonds is 15. The number of benzene rings is 4. The zero-order valence-electron chi connectivity index (χ0n) is 33.5. The lowest BCUT2D eigenvalue weighted by Crippen LogP contribution is -2.07. The fourth-order valence-electron chi connectivity index (χ4n) is 6.64. The van der Waals surface area contributed by atoms with E-state index in [9.17, 15) is 22.8 Å². The van der Waals surface area contributed by atoms with Gasteiger partial charge >= 0.3 is 18.1 Å². The van der Waals surface area contributed by atoms with Crippen molar-refractivity contribution in [2.75, 3.05) is 0 Å². The van der Waals surface area contributed by atoms with Crippen LogP contribution in [0.25, 0.3) is 42.9 Å². The summed E-state index contributed by atoms with van der Waals surface area (Å²) in [6, 6.07) is 26.1. The molecular formula is C46H40BrF3N4O6S2. The Morgan fingerprint density at radius 1 is 0.823 bits per heavy atom. The number of hydrogen-bond acceptors (Lipinski definition) is 8. The molecule has 8 rings (SSSR count). The summed E-state index contributed by atoms with van der Waals surface area (Å²) in [5, 5.41) is 21.5. The summed E-state index contributed by atoms with van der Waals surface area (Å²) in [7, 11) is 0. The molecule has 0 aliphatic heterocycles. The average Bonchev–Trinajstić information content (AvgIpc) is 4.04. The minimum absolute atomic E-state index is 0.0199. The number of carboxylic acid groups (broad SMARTS) is 2. The zero-order valence-corrected chi connectivity index (χ0v) is 36.7. The zero-order chi connectivity index (χ0) is 44.0. The second kappa shape index (κ2) is 19.4. The number of fused-ring (bicyclic) bond motifs is 2. The van der Waals surface area contributed by atoms with Gasteiger partial charge in [0, 0.05) is 49.8 Å². The monoisotopic (exact) mass is 944 g/mol. The summed E-state index contributed by atoms with van der Waals surface area (Å²) < 4.78 is 53.4. The van der Waals surface area contributed by atoms with Gasteiger partial charge in [0.25, 0.3) is 0 Å². The minimum Gasteiger partial charge on any atom is -0.488 e. The van der Waals surface area contributed by atoms with Gasteiger partial charge in [-0.05, 0) is 92.1 Å². The van der Waals surface area contributed by atoms with Gasteiger partial charge < -0.3 is 29.2 Å². The molecule has 16 heteroatoms. The Morgan fingerprint density at radius 2 is 1.47 bits per heavy atom. The van der Waals surface area contributed by atoms with Crippen molar-refractivity contribution in [3.05, 3.63) is 140 Å². The van der Waals surface area contributed by atoms with Crippen molar-refractivity contribution >= 4 is 72.3 Å². The van der Waals surface area contributed by atoms with E-state index in [4.69, 9.17) is 24.7 Å². The number of H-pyrrole nitrogens is 1. The van der Waals surface area contributed by atoms with Gasteiger partial charge in [-0.15, -0.1) is 22.7 Å². The fourth-order valence-corrected chi connectivity index (χ4v) is 8.92. The largest absolute Gasteiger partial charge is 0.488 e. The maximum Gasteiger partial charge on any atom is 0.416 e. The van der Waals surface area contributed by atoms with Gasteiger partial charge in [0.05, 0.1) is 33.1 Å². The smallest absolute Gasteiger partial charge is 0.416 e. The van der Waals surface area contributed by atoms with E-state index < -0.39 is 23.7 Å². The van der Waals surface area contributed by atoms with Crippen LogP contribution in [-0.2, 0) is 48.4 Å². The van der Waals surface area contributed by atoms with Crippen molar-refractivity contribution in [1.82, 2.24) is 19.5 Å². The number of aromatic amines is 1. The predicted molar refractivity (Wildman–Crippen MR) is 239 cm³/mol. The summed E-state index contributed by atoms with van der Waals surface area (Å²) in [4.78, 5) is 36.5. The van der Waals surface area contributed by atoms with Crippen molar-refractivity contribution in [3.8, 4) is 32.6 Å². The van der Waals surface area contributed by atoms with Crippen LogP contribution >= 0.6 is 38.6 Å². The molecular weight excluding hydrogens is 906 g/mol. The third kappa shape index (κ3) is 10.9. The van der Waals surface area contributed by atoms with Crippen molar-refractivity contribution in [3.63, 3.8) is 0 Å². The van der Waals surface area contributed by atoms with Gasteiger partial charge in [-0.25, -0.2) is 9.97 Å². The number of carboxylic acids is 2. The van der Waals surface area contributed by atoms with Crippen LogP contribution in [0.4, 0.5) is 13.2 Å². The maximum absolute atomic E-state index is 12.9. The number of alkyl halides is 3. The second-order valence-corrected chi connectivity index (χ2v) is 17.4. The lowest BCUT2D eigenvalue weighted by molar-refractivity contribution is -0.138. The topological polar surface area (TPSA) is 140 Å². The van der Waals surface area contributed by atoms with E-state index in [2.05, 4.69) is 32.8 Å². The number of nitrogens with one attached hydrogen (secondary N) is 1. The number of aromatic nitrogens is 4. The van der Waals surface area contributed by atoms with Crippen LogP contribution in [0.5, 0.6) is 11.5 Å². The Hall–Kier alpha value is -5.97. The number of unbranched alkanes of at least 4 members (excludes halogenated alkanes) is 1. The molecule has 4 aromatic carbocycles. The summed E-state index contributed by atoms with van der Waals surface area (Å²) in [6.45, 7) is 4.67. The van der Waals surface area contributed by atoms with Crippen LogP contribution in [0.1, 0.15) is 52.0 Å². The molecule has 3 N–H and O–H groups in total. The quantitative estimate of drug-likeness (QED) is 0.0923. The number of aryl methyl sites for hydroxylation is 2. The van der Waals surface area contributed by atoms with E-state index in [0.717, 1.165) is 95.0 Å². The fraction of sp³-hybridized carbons (Fsp3) is 0.217. The van der Waals surface area contributed by atoms with E-state index in [1.165, 1.54) is 23.5 Å². The standard InChI is InChI=1S/C25H23F3N2O3S.C21H17BrN2O3S/c1-2-3-4-20-22(34-24(29-20)16-5-7-18(8-6-16)25(26,27)28)15-33-19-9-10-21-17(13-19)11-12-30(21)14-23(31)32;1-12-19(28-21(24-12)13-2-4-15(22)5-3-13)11-27-16-6-7-18-17(9-16)14(10-23-18)8-20(25)26/h5-13H,2-4,14-15H2,1H3,(H,31,32);2-7,9-10,23H,8,11H2,1H3,(H,25,26). The maximum atomic E-state index is 12.9. The summed E-state index contributed by atoms with van der Waals surface area (Å²) in [6.07, 6.45) is 1.79. The van der Waals surface area contributed by atoms with Crippen LogP contribution in [0.3, 0.4) is 0 Å². The van der Waals surface area contributed by atoms with Crippen LogP contribution in [0.2, 0.25) is 0 Å². The second-order valence-electron chi connectivity index (χ2n) is 14.3. The molecule has 0 saturated heterocycles. The first kappa shape index (κ1) is 44.1. The van der Waals surface area contributed by atoms with Crippen LogP contribution in [0, 0.1) is 6.92 Å². The first-order valence-corrected chi connectivity index (χ1v) is 21.9. The molecule has 0 atom stereocenters. The van der Waals surface area contributed by atoms with Gasteiger partial charge in [-0.3, -0.25) is 9.59 Å². The summed E-state index contributed by atoms with van der Waals surface area (Å²) in [5.41, 5.74) is 5.34. The highest BCUT2D eigenvalue weighted by Crippen LogP contribution is 2.35. The molecule has 0 spiro atoms. The van der Waals surface area contributed by atoms with Gasteiger partial charge in [0.15, 0.2) is 0 Å². The molecule has 0 unspecified atom stereocenters. The number of halogens is 4. The van der Waals surface area contributed by atoms with Crippen molar-refractivity contribution in [2.24, 2.45) is 0 Å². The third-order valence-electron chi connectivity index (χ3n) is 9.86.